The molecule has 7 nitrogen and oxygen atoms in total. The minimum absolute atomic E-state index is 0.0246. The standard InChI is InChI=1S/C20H28N4O3/c25-19-15-27-14-18(24(19)12-16-4-2-1-3-5-16)20(26)23-9-6-17(13-23)22-10-7-21-8-11-22/h1-5,17-18,21H,6-15H2/t17?,18-/m1/s1. The highest BCUT2D eigenvalue weighted by Gasteiger charge is 2.39. The van der Waals surface area contributed by atoms with Gasteiger partial charge in [-0.25, -0.2) is 0 Å². The van der Waals surface area contributed by atoms with Gasteiger partial charge >= 0.3 is 0 Å². The lowest BCUT2D eigenvalue weighted by molar-refractivity contribution is -0.159. The molecule has 1 aromatic carbocycles. The van der Waals surface area contributed by atoms with Crippen molar-refractivity contribution >= 4 is 11.8 Å². The number of nitrogens with zero attached hydrogens (tertiary/aromatic N) is 3. The highest BCUT2D eigenvalue weighted by atomic mass is 16.5. The molecular weight excluding hydrogens is 344 g/mol. The number of amides is 2. The second-order valence-electron chi connectivity index (χ2n) is 7.55. The average Bonchev–Trinajstić information content (AvgIpc) is 3.21. The third-order valence-corrected chi connectivity index (χ3v) is 5.82. The maximum Gasteiger partial charge on any atom is 0.249 e. The monoisotopic (exact) mass is 372 g/mol. The Morgan fingerprint density at radius 2 is 1.93 bits per heavy atom. The van der Waals surface area contributed by atoms with Crippen molar-refractivity contribution in [3.63, 3.8) is 0 Å². The SMILES string of the molecule is O=C([C@H]1COCC(=O)N1Cc1ccccc1)N1CCC(N2CCNCC2)C1. The van der Waals surface area contributed by atoms with Crippen LogP contribution >= 0.6 is 0 Å². The molecule has 146 valence electrons. The molecule has 0 aliphatic carbocycles. The second kappa shape index (κ2) is 8.37. The van der Waals surface area contributed by atoms with E-state index < -0.39 is 6.04 Å². The summed E-state index contributed by atoms with van der Waals surface area (Å²) in [7, 11) is 0. The zero-order chi connectivity index (χ0) is 18.6. The number of morpholine rings is 1. The van der Waals surface area contributed by atoms with Gasteiger partial charge in [-0.1, -0.05) is 30.3 Å². The van der Waals surface area contributed by atoms with Crippen molar-refractivity contribution in [3.8, 4) is 0 Å². The second-order valence-corrected chi connectivity index (χ2v) is 7.55. The molecule has 1 unspecified atom stereocenters. The molecule has 27 heavy (non-hydrogen) atoms. The molecule has 1 N–H and O–H groups in total. The van der Waals surface area contributed by atoms with Crippen molar-refractivity contribution in [2.24, 2.45) is 0 Å². The van der Waals surface area contributed by atoms with Crippen molar-refractivity contribution in [3.05, 3.63) is 35.9 Å². The highest BCUT2D eigenvalue weighted by Crippen LogP contribution is 2.21. The van der Waals surface area contributed by atoms with Gasteiger partial charge in [-0.05, 0) is 12.0 Å². The Bertz CT molecular complexity index is 662. The van der Waals surface area contributed by atoms with Gasteiger partial charge in [0, 0.05) is 51.9 Å². The van der Waals surface area contributed by atoms with Crippen LogP contribution in [0, 0.1) is 0 Å². The first-order valence-electron chi connectivity index (χ1n) is 9.87. The minimum Gasteiger partial charge on any atom is -0.369 e. The van der Waals surface area contributed by atoms with E-state index in [1.54, 1.807) is 4.90 Å². The molecular formula is C20H28N4O3. The molecule has 3 aliphatic heterocycles. The minimum atomic E-state index is -0.520. The van der Waals surface area contributed by atoms with Gasteiger partial charge < -0.3 is 19.9 Å². The van der Waals surface area contributed by atoms with Crippen LogP contribution in [0.1, 0.15) is 12.0 Å². The molecule has 0 saturated carbocycles. The van der Waals surface area contributed by atoms with Gasteiger partial charge in [0.05, 0.1) is 6.61 Å². The summed E-state index contributed by atoms with van der Waals surface area (Å²) in [6.07, 6.45) is 1.01. The Hall–Kier alpha value is -1.96. The van der Waals surface area contributed by atoms with Gasteiger partial charge in [-0.15, -0.1) is 0 Å². The number of carbonyl (C=O) groups is 2. The highest BCUT2D eigenvalue weighted by molar-refractivity contribution is 5.89. The van der Waals surface area contributed by atoms with E-state index in [0.29, 0.717) is 12.6 Å². The number of nitrogens with one attached hydrogen (secondary N) is 1. The molecule has 0 bridgehead atoms. The lowest BCUT2D eigenvalue weighted by Crippen LogP contribution is -2.57. The summed E-state index contributed by atoms with van der Waals surface area (Å²) >= 11 is 0. The third-order valence-electron chi connectivity index (χ3n) is 5.82. The van der Waals surface area contributed by atoms with Gasteiger partial charge in [-0.2, -0.15) is 0 Å². The van der Waals surface area contributed by atoms with Gasteiger partial charge in [0.15, 0.2) is 0 Å². The zero-order valence-corrected chi connectivity index (χ0v) is 15.7. The fraction of sp³-hybridized carbons (Fsp3) is 0.600. The van der Waals surface area contributed by atoms with Crippen LogP contribution in [0.25, 0.3) is 0 Å². The number of rotatable bonds is 4. The van der Waals surface area contributed by atoms with Crippen LogP contribution < -0.4 is 5.32 Å². The molecule has 0 spiro atoms. The quantitative estimate of drug-likeness (QED) is 0.801. The number of ether oxygens (including phenoxy) is 1. The normalized spacial score (nSPS) is 27.2. The van der Waals surface area contributed by atoms with Crippen LogP contribution in [-0.2, 0) is 20.9 Å². The molecule has 3 aliphatic rings. The maximum atomic E-state index is 13.2. The first kappa shape index (κ1) is 18.4. The van der Waals surface area contributed by atoms with Crippen molar-refractivity contribution in [2.45, 2.75) is 25.0 Å². The van der Waals surface area contributed by atoms with Crippen LogP contribution in [0.5, 0.6) is 0 Å². The number of hydrogen-bond donors (Lipinski definition) is 1. The molecule has 3 heterocycles. The largest absolute Gasteiger partial charge is 0.369 e. The summed E-state index contributed by atoms with van der Waals surface area (Å²) in [6, 6.07) is 9.74. The number of hydrogen-bond acceptors (Lipinski definition) is 5. The molecule has 2 atom stereocenters. The van der Waals surface area contributed by atoms with Crippen LogP contribution in [0.4, 0.5) is 0 Å². The van der Waals surface area contributed by atoms with E-state index >= 15 is 0 Å². The van der Waals surface area contributed by atoms with Gasteiger partial charge in [0.2, 0.25) is 11.8 Å². The molecule has 3 fully saturated rings. The fourth-order valence-corrected chi connectivity index (χ4v) is 4.29. The maximum absolute atomic E-state index is 13.2. The summed E-state index contributed by atoms with van der Waals surface area (Å²) in [6.45, 7) is 6.41. The number of likely N-dealkylation sites (tertiary alicyclic amines) is 1. The fourth-order valence-electron chi connectivity index (χ4n) is 4.29. The van der Waals surface area contributed by atoms with Crippen LogP contribution in [0.2, 0.25) is 0 Å². The van der Waals surface area contributed by atoms with E-state index in [4.69, 9.17) is 4.74 Å². The van der Waals surface area contributed by atoms with E-state index in [-0.39, 0.29) is 25.0 Å². The first-order valence-corrected chi connectivity index (χ1v) is 9.87. The predicted octanol–water partition coefficient (Wildman–Crippen LogP) is -0.0799. The summed E-state index contributed by atoms with van der Waals surface area (Å²) in [5.41, 5.74) is 1.03. The van der Waals surface area contributed by atoms with Crippen LogP contribution in [0.3, 0.4) is 0 Å². The first-order chi connectivity index (χ1) is 13.2. The lowest BCUT2D eigenvalue weighted by atomic mass is 10.1. The number of piperazine rings is 1. The smallest absolute Gasteiger partial charge is 0.249 e. The summed E-state index contributed by atoms with van der Waals surface area (Å²) < 4.78 is 5.43. The topological polar surface area (TPSA) is 65.1 Å². The van der Waals surface area contributed by atoms with E-state index in [9.17, 15) is 9.59 Å². The van der Waals surface area contributed by atoms with E-state index in [0.717, 1.165) is 51.3 Å². The summed E-state index contributed by atoms with van der Waals surface area (Å²) in [4.78, 5) is 31.8. The molecule has 4 rings (SSSR count). The molecule has 0 radical (unpaired) electrons. The van der Waals surface area contributed by atoms with Gasteiger partial charge in [-0.3, -0.25) is 14.5 Å². The van der Waals surface area contributed by atoms with E-state index in [1.165, 1.54) is 0 Å². The summed E-state index contributed by atoms with van der Waals surface area (Å²) in [5.74, 6) is -0.0853. The lowest BCUT2D eigenvalue weighted by Gasteiger charge is -2.37. The zero-order valence-electron chi connectivity index (χ0n) is 15.7. The molecule has 7 heteroatoms. The summed E-state index contributed by atoms with van der Waals surface area (Å²) in [5, 5.41) is 3.37. The van der Waals surface area contributed by atoms with Gasteiger partial charge in [0.1, 0.15) is 12.6 Å². The Kier molecular flexibility index (Phi) is 5.71. The molecule has 2 amide bonds. The molecule has 3 saturated heterocycles. The third kappa shape index (κ3) is 4.15. The van der Waals surface area contributed by atoms with Crippen molar-refractivity contribution < 1.29 is 14.3 Å². The number of benzene rings is 1. The average molecular weight is 372 g/mol. The van der Waals surface area contributed by atoms with E-state index in [2.05, 4.69) is 10.2 Å². The predicted molar refractivity (Wildman–Crippen MR) is 101 cm³/mol. The van der Waals surface area contributed by atoms with Crippen LogP contribution in [0.15, 0.2) is 30.3 Å². The van der Waals surface area contributed by atoms with Crippen molar-refractivity contribution in [2.75, 3.05) is 52.5 Å². The molecule has 1 aromatic rings. The van der Waals surface area contributed by atoms with Crippen molar-refractivity contribution in [1.82, 2.24) is 20.0 Å². The van der Waals surface area contributed by atoms with Gasteiger partial charge in [0.25, 0.3) is 0 Å². The Morgan fingerprint density at radius 3 is 2.70 bits per heavy atom. The Balaban J connectivity index is 1.42. The Labute approximate surface area is 160 Å². The number of carbonyl (C=O) groups excluding carboxylic acids is 2. The molecule has 0 aromatic heterocycles. The Morgan fingerprint density at radius 1 is 1.15 bits per heavy atom. The van der Waals surface area contributed by atoms with Crippen molar-refractivity contribution in [1.29, 1.82) is 0 Å². The van der Waals surface area contributed by atoms with E-state index in [1.807, 2.05) is 35.2 Å². The van der Waals surface area contributed by atoms with Crippen LogP contribution in [-0.4, -0.2) is 91.1 Å².